The molecule has 2 rings (SSSR count). The highest BCUT2D eigenvalue weighted by molar-refractivity contribution is 4.77. The van der Waals surface area contributed by atoms with Gasteiger partial charge in [-0.05, 0) is 12.8 Å². The molecular formula is C16H26N4O2. The second-order valence-corrected chi connectivity index (χ2v) is 5.73. The maximum atomic E-state index is 4.71. The largest absolute Gasteiger partial charge is 0.343 e. The van der Waals surface area contributed by atoms with Crippen molar-refractivity contribution in [3.63, 3.8) is 0 Å². The van der Waals surface area contributed by atoms with Crippen LogP contribution in [0.15, 0.2) is 21.8 Å². The topological polar surface area (TPSA) is 77.8 Å². The molecule has 2 aromatic rings. The molecule has 0 unspecified atom stereocenters. The molecule has 6 heteroatoms. The Labute approximate surface area is 131 Å². The monoisotopic (exact) mass is 306 g/mol. The third-order valence-electron chi connectivity index (χ3n) is 3.86. The lowest BCUT2D eigenvalue weighted by molar-refractivity contribution is 0.408. The summed E-state index contributed by atoms with van der Waals surface area (Å²) in [7, 11) is 0. The fourth-order valence-electron chi connectivity index (χ4n) is 2.59. The molecule has 0 radical (unpaired) electrons. The van der Waals surface area contributed by atoms with Crippen molar-refractivity contribution in [1.82, 2.24) is 20.3 Å². The van der Waals surface area contributed by atoms with Crippen LogP contribution >= 0.6 is 0 Å². The van der Waals surface area contributed by atoms with E-state index in [-0.39, 0.29) is 0 Å². The van der Waals surface area contributed by atoms with Crippen LogP contribution in [-0.4, -0.2) is 20.3 Å². The summed E-state index contributed by atoms with van der Waals surface area (Å²) < 4.78 is 9.43. The van der Waals surface area contributed by atoms with E-state index in [4.69, 9.17) is 9.05 Å². The molecule has 122 valence electrons. The number of rotatable bonds is 13. The van der Waals surface area contributed by atoms with Crippen LogP contribution < -0.4 is 0 Å². The number of hydrogen-bond donors (Lipinski definition) is 0. The Morgan fingerprint density at radius 3 is 1.23 bits per heavy atom. The minimum Gasteiger partial charge on any atom is -0.343 e. The van der Waals surface area contributed by atoms with Crippen LogP contribution in [0.4, 0.5) is 0 Å². The van der Waals surface area contributed by atoms with Gasteiger partial charge in [0.05, 0.1) is 0 Å². The van der Waals surface area contributed by atoms with E-state index in [0.717, 1.165) is 37.3 Å². The third-order valence-corrected chi connectivity index (χ3v) is 3.86. The summed E-state index contributed by atoms with van der Waals surface area (Å²) >= 11 is 0. The van der Waals surface area contributed by atoms with Gasteiger partial charge in [0.2, 0.25) is 12.8 Å². The zero-order valence-electron chi connectivity index (χ0n) is 13.2. The lowest BCUT2D eigenvalue weighted by atomic mass is 10.1. The SMILES string of the molecule is c1nc(CCCCCCCCCCCCc2ncon2)no1. The van der Waals surface area contributed by atoms with Crippen molar-refractivity contribution in [3.05, 3.63) is 24.4 Å². The fourth-order valence-corrected chi connectivity index (χ4v) is 2.59. The van der Waals surface area contributed by atoms with Crippen molar-refractivity contribution in [3.8, 4) is 0 Å². The number of aryl methyl sites for hydroxylation is 2. The van der Waals surface area contributed by atoms with Gasteiger partial charge >= 0.3 is 0 Å². The van der Waals surface area contributed by atoms with E-state index in [2.05, 4.69) is 20.3 Å². The van der Waals surface area contributed by atoms with Crippen molar-refractivity contribution in [2.45, 2.75) is 77.0 Å². The standard InChI is InChI=1S/C16H26N4O2/c1(3-5-7-9-11-15-17-13-21-19-15)2-4-6-8-10-12-16-18-14-22-20-16/h13-14H,1-12H2. The van der Waals surface area contributed by atoms with Gasteiger partial charge in [0, 0.05) is 12.8 Å². The summed E-state index contributed by atoms with van der Waals surface area (Å²) in [6.07, 6.45) is 17.6. The Bertz CT molecular complexity index is 412. The summed E-state index contributed by atoms with van der Waals surface area (Å²) in [5, 5.41) is 7.63. The van der Waals surface area contributed by atoms with Gasteiger partial charge in [-0.3, -0.25) is 0 Å². The van der Waals surface area contributed by atoms with Crippen LogP contribution in [0.25, 0.3) is 0 Å². The average Bonchev–Trinajstić information content (AvgIpc) is 3.21. The molecule has 0 atom stereocenters. The molecule has 6 nitrogen and oxygen atoms in total. The van der Waals surface area contributed by atoms with Gasteiger partial charge in [-0.15, -0.1) is 0 Å². The molecule has 0 aliphatic carbocycles. The predicted molar refractivity (Wildman–Crippen MR) is 82.2 cm³/mol. The summed E-state index contributed by atoms with van der Waals surface area (Å²) in [5.41, 5.74) is 0. The highest BCUT2D eigenvalue weighted by atomic mass is 16.5. The Balaban J connectivity index is 1.29. The van der Waals surface area contributed by atoms with E-state index in [9.17, 15) is 0 Å². The van der Waals surface area contributed by atoms with E-state index < -0.39 is 0 Å². The molecular weight excluding hydrogens is 280 g/mol. The molecule has 2 aromatic heterocycles. The third kappa shape index (κ3) is 7.33. The molecule has 0 spiro atoms. The van der Waals surface area contributed by atoms with Gasteiger partial charge in [-0.25, -0.2) is 0 Å². The Morgan fingerprint density at radius 1 is 0.545 bits per heavy atom. The highest BCUT2D eigenvalue weighted by Crippen LogP contribution is 2.12. The molecule has 0 N–H and O–H groups in total. The van der Waals surface area contributed by atoms with E-state index in [1.807, 2.05) is 0 Å². The summed E-state index contributed by atoms with van der Waals surface area (Å²) in [6, 6.07) is 0. The summed E-state index contributed by atoms with van der Waals surface area (Å²) in [6.45, 7) is 0. The first-order chi connectivity index (χ1) is 10.9. The van der Waals surface area contributed by atoms with Gasteiger partial charge in [0.15, 0.2) is 11.6 Å². The number of unbranched alkanes of at least 4 members (excludes halogenated alkanes) is 9. The molecule has 0 bridgehead atoms. The van der Waals surface area contributed by atoms with Crippen LogP contribution in [0.2, 0.25) is 0 Å². The van der Waals surface area contributed by atoms with Crippen molar-refractivity contribution >= 4 is 0 Å². The van der Waals surface area contributed by atoms with Crippen molar-refractivity contribution in [1.29, 1.82) is 0 Å². The lowest BCUT2D eigenvalue weighted by Crippen LogP contribution is -1.89. The Kier molecular flexibility index (Phi) is 8.27. The van der Waals surface area contributed by atoms with E-state index in [0.29, 0.717) is 0 Å². The number of nitrogens with zero attached hydrogens (tertiary/aromatic N) is 4. The Hall–Kier alpha value is -1.72. The molecule has 0 aromatic carbocycles. The number of hydrogen-bond acceptors (Lipinski definition) is 6. The van der Waals surface area contributed by atoms with Gasteiger partial charge < -0.3 is 9.05 Å². The van der Waals surface area contributed by atoms with Crippen molar-refractivity contribution in [2.24, 2.45) is 0 Å². The predicted octanol–water partition coefficient (Wildman–Crippen LogP) is 4.14. The van der Waals surface area contributed by atoms with Gasteiger partial charge in [0.25, 0.3) is 0 Å². The minimum absolute atomic E-state index is 0.834. The van der Waals surface area contributed by atoms with Crippen LogP contribution in [0, 0.1) is 0 Å². The normalized spacial score (nSPS) is 11.1. The van der Waals surface area contributed by atoms with Gasteiger partial charge in [0.1, 0.15) is 0 Å². The number of aromatic nitrogens is 4. The second-order valence-electron chi connectivity index (χ2n) is 5.73. The maximum absolute atomic E-state index is 4.71. The van der Waals surface area contributed by atoms with Gasteiger partial charge in [-0.1, -0.05) is 61.7 Å². The molecule has 0 aliphatic rings. The fraction of sp³-hybridized carbons (Fsp3) is 0.750. The maximum Gasteiger partial charge on any atom is 0.213 e. The van der Waals surface area contributed by atoms with E-state index in [1.54, 1.807) is 0 Å². The van der Waals surface area contributed by atoms with E-state index in [1.165, 1.54) is 64.2 Å². The zero-order chi connectivity index (χ0) is 15.3. The Morgan fingerprint density at radius 2 is 0.909 bits per heavy atom. The molecule has 2 heterocycles. The van der Waals surface area contributed by atoms with Crippen LogP contribution in [0.3, 0.4) is 0 Å². The summed E-state index contributed by atoms with van der Waals surface area (Å²) in [4.78, 5) is 8.05. The quantitative estimate of drug-likeness (QED) is 0.517. The van der Waals surface area contributed by atoms with Crippen LogP contribution in [0.1, 0.15) is 75.9 Å². The van der Waals surface area contributed by atoms with Crippen LogP contribution in [-0.2, 0) is 12.8 Å². The molecule has 0 saturated carbocycles. The van der Waals surface area contributed by atoms with Gasteiger partial charge in [-0.2, -0.15) is 9.97 Å². The molecule has 0 aliphatic heterocycles. The summed E-state index contributed by atoms with van der Waals surface area (Å²) in [5.74, 6) is 1.67. The van der Waals surface area contributed by atoms with Crippen LogP contribution in [0.5, 0.6) is 0 Å². The van der Waals surface area contributed by atoms with Crippen molar-refractivity contribution in [2.75, 3.05) is 0 Å². The first-order valence-electron chi connectivity index (χ1n) is 8.45. The molecule has 0 fully saturated rings. The lowest BCUT2D eigenvalue weighted by Gasteiger charge is -2.02. The molecule has 22 heavy (non-hydrogen) atoms. The average molecular weight is 306 g/mol. The highest BCUT2D eigenvalue weighted by Gasteiger charge is 1.99. The van der Waals surface area contributed by atoms with E-state index >= 15 is 0 Å². The first kappa shape index (κ1) is 16.6. The molecule has 0 saturated heterocycles. The first-order valence-corrected chi connectivity index (χ1v) is 8.45. The smallest absolute Gasteiger partial charge is 0.213 e. The van der Waals surface area contributed by atoms with Crippen molar-refractivity contribution < 1.29 is 9.05 Å². The molecule has 0 amide bonds. The zero-order valence-corrected chi connectivity index (χ0v) is 13.2. The minimum atomic E-state index is 0.834. The second kappa shape index (κ2) is 10.9.